The van der Waals surface area contributed by atoms with Crippen LogP contribution in [0.5, 0.6) is 0 Å². The van der Waals surface area contributed by atoms with Gasteiger partial charge in [0.2, 0.25) is 5.91 Å². The maximum atomic E-state index is 12.8. The fourth-order valence-electron chi connectivity index (χ4n) is 4.16. The van der Waals surface area contributed by atoms with E-state index in [0.717, 1.165) is 49.4 Å². The normalized spacial score (nSPS) is 15.4. The zero-order valence-corrected chi connectivity index (χ0v) is 18.7. The first-order valence-electron chi connectivity index (χ1n) is 11.3. The lowest BCUT2D eigenvalue weighted by Gasteiger charge is -2.32. The van der Waals surface area contributed by atoms with Crippen LogP contribution >= 0.6 is 0 Å². The highest BCUT2D eigenvalue weighted by atomic mass is 16.2. The van der Waals surface area contributed by atoms with Gasteiger partial charge < -0.3 is 10.2 Å². The maximum absolute atomic E-state index is 12.8. The molecule has 1 saturated heterocycles. The molecule has 1 atom stereocenters. The van der Waals surface area contributed by atoms with Crippen molar-refractivity contribution in [2.45, 2.75) is 39.2 Å². The fourth-order valence-corrected chi connectivity index (χ4v) is 4.16. The quantitative estimate of drug-likeness (QED) is 0.644. The predicted molar refractivity (Wildman–Crippen MR) is 127 cm³/mol. The van der Waals surface area contributed by atoms with E-state index in [1.807, 2.05) is 61.5 Å². The van der Waals surface area contributed by atoms with Crippen molar-refractivity contribution in [3.8, 4) is 5.69 Å². The third kappa shape index (κ3) is 4.90. The summed E-state index contributed by atoms with van der Waals surface area (Å²) < 4.78 is 1.45. The van der Waals surface area contributed by atoms with Gasteiger partial charge in [0.15, 0.2) is 0 Å². The van der Waals surface area contributed by atoms with Gasteiger partial charge in [0.1, 0.15) is 5.82 Å². The molecule has 166 valence electrons. The van der Waals surface area contributed by atoms with Gasteiger partial charge in [-0.15, -0.1) is 5.10 Å². The second-order valence-electron chi connectivity index (χ2n) is 8.36. The number of carbonyl (C=O) groups excluding carboxylic acids is 1. The number of aromatic nitrogens is 2. The van der Waals surface area contributed by atoms with Crippen molar-refractivity contribution in [1.82, 2.24) is 15.1 Å². The van der Waals surface area contributed by atoms with E-state index in [-0.39, 0.29) is 23.4 Å². The Balaban J connectivity index is 1.39. The summed E-state index contributed by atoms with van der Waals surface area (Å²) in [7, 11) is 0. The number of rotatable bonds is 6. The molecule has 0 aliphatic carbocycles. The van der Waals surface area contributed by atoms with Gasteiger partial charge in [0.25, 0.3) is 5.56 Å². The largest absolute Gasteiger partial charge is 0.355 e. The summed E-state index contributed by atoms with van der Waals surface area (Å²) in [6.07, 6.45) is 2.48. The van der Waals surface area contributed by atoms with Crippen molar-refractivity contribution < 1.29 is 4.79 Å². The number of hydrogen-bond acceptors (Lipinski definition) is 4. The molecule has 0 unspecified atom stereocenters. The Kier molecular flexibility index (Phi) is 6.69. The SMILES string of the molecule is CCc1ccc(-n2nc(N3CCC(C(=O)N[C@H](C)c4ccccc4)CC3)ccc2=O)cc1. The first kappa shape index (κ1) is 21.8. The van der Waals surface area contributed by atoms with Crippen LogP contribution < -0.4 is 15.8 Å². The summed E-state index contributed by atoms with van der Waals surface area (Å²) in [5, 5.41) is 7.76. The van der Waals surface area contributed by atoms with Gasteiger partial charge in [-0.3, -0.25) is 9.59 Å². The third-order valence-corrected chi connectivity index (χ3v) is 6.22. The van der Waals surface area contributed by atoms with Gasteiger partial charge in [-0.1, -0.05) is 49.4 Å². The summed E-state index contributed by atoms with van der Waals surface area (Å²) in [4.78, 5) is 27.3. The highest BCUT2D eigenvalue weighted by molar-refractivity contribution is 5.79. The van der Waals surface area contributed by atoms with Crippen LogP contribution in [-0.2, 0) is 11.2 Å². The van der Waals surface area contributed by atoms with Gasteiger partial charge >= 0.3 is 0 Å². The molecule has 0 radical (unpaired) electrons. The molecule has 2 heterocycles. The Hall–Kier alpha value is -3.41. The van der Waals surface area contributed by atoms with E-state index in [1.54, 1.807) is 12.1 Å². The van der Waals surface area contributed by atoms with Gasteiger partial charge in [-0.2, -0.15) is 4.68 Å². The fraction of sp³-hybridized carbons (Fsp3) is 0.346. The minimum Gasteiger partial charge on any atom is -0.355 e. The summed E-state index contributed by atoms with van der Waals surface area (Å²) in [5.74, 6) is 0.862. The topological polar surface area (TPSA) is 67.2 Å². The second-order valence-corrected chi connectivity index (χ2v) is 8.36. The summed E-state index contributed by atoms with van der Waals surface area (Å²) >= 11 is 0. The molecule has 1 N–H and O–H groups in total. The van der Waals surface area contributed by atoms with Crippen LogP contribution in [0.15, 0.2) is 71.5 Å². The molecule has 0 saturated carbocycles. The minimum absolute atomic E-state index is 0.00829. The summed E-state index contributed by atoms with van der Waals surface area (Å²) in [5.41, 5.74) is 2.94. The number of aryl methyl sites for hydroxylation is 1. The average Bonchev–Trinajstić information content (AvgIpc) is 2.85. The lowest BCUT2D eigenvalue weighted by Crippen LogP contribution is -2.42. The van der Waals surface area contributed by atoms with Crippen LogP contribution in [0.2, 0.25) is 0 Å². The van der Waals surface area contributed by atoms with Crippen molar-refractivity contribution in [3.05, 3.63) is 88.2 Å². The molecule has 1 aliphatic rings. The third-order valence-electron chi connectivity index (χ3n) is 6.22. The number of piperidine rings is 1. The Morgan fingerprint density at radius 2 is 1.72 bits per heavy atom. The van der Waals surface area contributed by atoms with Crippen molar-refractivity contribution in [2.24, 2.45) is 5.92 Å². The average molecular weight is 431 g/mol. The van der Waals surface area contributed by atoms with Crippen LogP contribution in [0, 0.1) is 5.92 Å². The molecule has 6 nitrogen and oxygen atoms in total. The number of hydrogen-bond donors (Lipinski definition) is 1. The molecule has 1 aromatic heterocycles. The molecular formula is C26H30N4O2. The molecule has 6 heteroatoms. The van der Waals surface area contributed by atoms with E-state index < -0.39 is 0 Å². The van der Waals surface area contributed by atoms with Crippen LogP contribution in [0.3, 0.4) is 0 Å². The number of nitrogens with zero attached hydrogens (tertiary/aromatic N) is 3. The Morgan fingerprint density at radius 1 is 1.03 bits per heavy atom. The highest BCUT2D eigenvalue weighted by Crippen LogP contribution is 2.23. The Morgan fingerprint density at radius 3 is 2.38 bits per heavy atom. The van der Waals surface area contributed by atoms with Crippen LogP contribution in [0.1, 0.15) is 43.9 Å². The van der Waals surface area contributed by atoms with E-state index in [1.165, 1.54) is 10.2 Å². The van der Waals surface area contributed by atoms with E-state index >= 15 is 0 Å². The number of amides is 1. The molecule has 3 aromatic rings. The molecule has 0 bridgehead atoms. The van der Waals surface area contributed by atoms with Crippen molar-refractivity contribution in [3.63, 3.8) is 0 Å². The molecule has 32 heavy (non-hydrogen) atoms. The lowest BCUT2D eigenvalue weighted by molar-refractivity contribution is -0.126. The smallest absolute Gasteiger partial charge is 0.271 e. The lowest BCUT2D eigenvalue weighted by atomic mass is 9.95. The molecule has 1 aliphatic heterocycles. The van der Waals surface area contributed by atoms with Gasteiger partial charge in [-0.05, 0) is 55.5 Å². The summed E-state index contributed by atoms with van der Waals surface area (Å²) in [6.45, 7) is 5.59. The van der Waals surface area contributed by atoms with E-state index in [2.05, 4.69) is 22.2 Å². The zero-order chi connectivity index (χ0) is 22.5. The van der Waals surface area contributed by atoms with Gasteiger partial charge in [0, 0.05) is 25.1 Å². The first-order chi connectivity index (χ1) is 15.5. The molecule has 0 spiro atoms. The van der Waals surface area contributed by atoms with E-state index in [9.17, 15) is 9.59 Å². The number of carbonyl (C=O) groups is 1. The maximum Gasteiger partial charge on any atom is 0.271 e. The molecule has 4 rings (SSSR count). The first-order valence-corrected chi connectivity index (χ1v) is 11.3. The highest BCUT2D eigenvalue weighted by Gasteiger charge is 2.27. The Labute approximate surface area is 188 Å². The van der Waals surface area contributed by atoms with Gasteiger partial charge in [-0.25, -0.2) is 0 Å². The molecule has 2 aromatic carbocycles. The molecule has 1 amide bonds. The Bertz CT molecular complexity index is 1100. The van der Waals surface area contributed by atoms with E-state index in [0.29, 0.717) is 0 Å². The zero-order valence-electron chi connectivity index (χ0n) is 18.7. The van der Waals surface area contributed by atoms with Crippen LogP contribution in [-0.4, -0.2) is 28.8 Å². The standard InChI is InChI=1S/C26H30N4O2/c1-3-20-9-11-23(12-10-20)30-25(31)14-13-24(28-30)29-17-15-22(16-18-29)26(32)27-19(2)21-7-5-4-6-8-21/h4-14,19,22H,3,15-18H2,1-2H3,(H,27,32)/t19-/m1/s1. The minimum atomic E-state index is -0.151. The predicted octanol–water partition coefficient (Wildman–Crippen LogP) is 3.89. The molecular weight excluding hydrogens is 400 g/mol. The number of benzene rings is 2. The van der Waals surface area contributed by atoms with Gasteiger partial charge in [0.05, 0.1) is 11.7 Å². The van der Waals surface area contributed by atoms with Crippen LogP contribution in [0.4, 0.5) is 5.82 Å². The number of anilines is 1. The van der Waals surface area contributed by atoms with Crippen LogP contribution in [0.25, 0.3) is 5.69 Å². The van der Waals surface area contributed by atoms with Crippen molar-refractivity contribution in [2.75, 3.05) is 18.0 Å². The number of nitrogens with one attached hydrogen (secondary N) is 1. The second kappa shape index (κ2) is 9.81. The monoisotopic (exact) mass is 430 g/mol. The summed E-state index contributed by atoms with van der Waals surface area (Å²) in [6, 6.07) is 21.3. The van der Waals surface area contributed by atoms with E-state index in [4.69, 9.17) is 0 Å². The van der Waals surface area contributed by atoms with Crippen molar-refractivity contribution >= 4 is 11.7 Å². The van der Waals surface area contributed by atoms with Crippen molar-refractivity contribution in [1.29, 1.82) is 0 Å². The molecule has 1 fully saturated rings.